The number of rotatable bonds is 6. The van der Waals surface area contributed by atoms with Crippen molar-refractivity contribution in [3.63, 3.8) is 0 Å². The molecule has 0 unspecified atom stereocenters. The summed E-state index contributed by atoms with van der Waals surface area (Å²) >= 11 is 12.6. The predicted molar refractivity (Wildman–Crippen MR) is 129 cm³/mol. The summed E-state index contributed by atoms with van der Waals surface area (Å²) in [6, 6.07) is 19.5. The van der Waals surface area contributed by atoms with Crippen molar-refractivity contribution in [2.24, 2.45) is 0 Å². The fourth-order valence-corrected chi connectivity index (χ4v) is 4.37. The Balaban J connectivity index is 0.000000672. The minimum atomic E-state index is -1.50. The molecule has 2 heterocycles. The van der Waals surface area contributed by atoms with Crippen molar-refractivity contribution in [2.75, 3.05) is 13.2 Å². The largest absolute Gasteiger partial charge is 0.491 e. The molecule has 182 valence electrons. The zero-order chi connectivity index (χ0) is 24.8. The zero-order valence-electron chi connectivity index (χ0n) is 18.3. The maximum Gasteiger partial charge on any atom is 0.291 e. The molecule has 1 N–H and O–H groups in total. The Labute approximate surface area is 210 Å². The van der Waals surface area contributed by atoms with E-state index < -0.39 is 10.9 Å². The molecular formula is C24H21Cl2N3O6. The van der Waals surface area contributed by atoms with Crippen molar-refractivity contribution in [2.45, 2.75) is 18.4 Å². The Hall–Kier alpha value is -3.37. The summed E-state index contributed by atoms with van der Waals surface area (Å²) in [5, 5.41) is 17.0. The average molecular weight is 518 g/mol. The van der Waals surface area contributed by atoms with E-state index in [-0.39, 0.29) is 6.10 Å². The second kappa shape index (κ2) is 10.9. The summed E-state index contributed by atoms with van der Waals surface area (Å²) in [7, 11) is 0. The van der Waals surface area contributed by atoms with E-state index >= 15 is 0 Å². The molecule has 1 saturated heterocycles. The highest BCUT2D eigenvalue weighted by Crippen LogP contribution is 2.40. The lowest BCUT2D eigenvalue weighted by atomic mass is 10.1. The van der Waals surface area contributed by atoms with Gasteiger partial charge in [-0.25, -0.2) is 4.98 Å². The normalized spacial score (nSPS) is 19.2. The Bertz CT molecular complexity index is 1300. The SMILES string of the molecule is Clc1ccc([C@]2(Cn3ccnc3)OC[C@@H](COc3ccc4ccccc4c3)O2)c(Cl)c1.O=[N+]([O-])O. The first-order valence-corrected chi connectivity index (χ1v) is 11.3. The van der Waals surface area contributed by atoms with Crippen molar-refractivity contribution in [3.05, 3.63) is 105 Å². The average Bonchev–Trinajstić information content (AvgIpc) is 3.48. The molecule has 3 aromatic carbocycles. The number of nitrogens with zero attached hydrogens (tertiary/aromatic N) is 3. The second-order valence-electron chi connectivity index (χ2n) is 7.72. The van der Waals surface area contributed by atoms with E-state index in [1.807, 2.05) is 47.2 Å². The van der Waals surface area contributed by atoms with E-state index in [0.717, 1.165) is 16.7 Å². The van der Waals surface area contributed by atoms with Gasteiger partial charge < -0.3 is 24.0 Å². The van der Waals surface area contributed by atoms with Gasteiger partial charge in [0.05, 0.1) is 24.5 Å². The Morgan fingerprint density at radius 2 is 1.94 bits per heavy atom. The van der Waals surface area contributed by atoms with E-state index in [1.54, 1.807) is 24.7 Å². The van der Waals surface area contributed by atoms with Gasteiger partial charge in [0, 0.05) is 23.0 Å². The zero-order valence-corrected chi connectivity index (χ0v) is 19.8. The van der Waals surface area contributed by atoms with Crippen LogP contribution in [0.2, 0.25) is 10.0 Å². The van der Waals surface area contributed by atoms with Crippen LogP contribution in [-0.2, 0) is 21.8 Å². The van der Waals surface area contributed by atoms with E-state index in [0.29, 0.717) is 29.8 Å². The molecule has 0 saturated carbocycles. The molecule has 0 radical (unpaired) electrons. The van der Waals surface area contributed by atoms with Gasteiger partial charge in [0.25, 0.3) is 5.09 Å². The number of aromatic nitrogens is 2. The van der Waals surface area contributed by atoms with Crippen molar-refractivity contribution in [1.29, 1.82) is 0 Å². The summed E-state index contributed by atoms with van der Waals surface area (Å²) in [6.45, 7) is 1.14. The van der Waals surface area contributed by atoms with Crippen LogP contribution in [0.5, 0.6) is 5.75 Å². The van der Waals surface area contributed by atoms with Crippen LogP contribution in [0.4, 0.5) is 0 Å². The van der Waals surface area contributed by atoms with Gasteiger partial charge in [0.15, 0.2) is 0 Å². The van der Waals surface area contributed by atoms with Crippen LogP contribution >= 0.6 is 23.2 Å². The van der Waals surface area contributed by atoms with Crippen LogP contribution in [-0.4, -0.2) is 39.2 Å². The van der Waals surface area contributed by atoms with Gasteiger partial charge in [-0.2, -0.15) is 0 Å². The van der Waals surface area contributed by atoms with Crippen molar-refractivity contribution in [3.8, 4) is 5.75 Å². The number of ether oxygens (including phenoxy) is 3. The van der Waals surface area contributed by atoms with Crippen molar-refractivity contribution >= 4 is 34.0 Å². The van der Waals surface area contributed by atoms with Crippen LogP contribution in [0.25, 0.3) is 10.8 Å². The quantitative estimate of drug-likeness (QED) is 0.271. The lowest BCUT2D eigenvalue weighted by Crippen LogP contribution is -2.34. The number of imidazole rings is 1. The summed E-state index contributed by atoms with van der Waals surface area (Å²) < 4.78 is 20.6. The molecule has 5 rings (SSSR count). The standard InChI is InChI=1S/C24H20Cl2N2O3.HNO3/c25-19-6-8-22(23(26)12-19)24(15-28-10-9-27-16-28)30-14-21(31-24)13-29-20-7-5-17-3-1-2-4-18(17)11-20;2-1(3)4/h1-12,16,21H,13-15H2;(H,2,3,4)/t21-,24-;/m1./s1. The molecule has 0 aliphatic carbocycles. The van der Waals surface area contributed by atoms with Gasteiger partial charge >= 0.3 is 0 Å². The van der Waals surface area contributed by atoms with Gasteiger partial charge in [-0.3, -0.25) is 0 Å². The molecule has 35 heavy (non-hydrogen) atoms. The van der Waals surface area contributed by atoms with Crippen molar-refractivity contribution in [1.82, 2.24) is 9.55 Å². The van der Waals surface area contributed by atoms with Gasteiger partial charge in [-0.15, -0.1) is 10.1 Å². The Morgan fingerprint density at radius 1 is 1.17 bits per heavy atom. The molecule has 1 aliphatic rings. The molecule has 4 aromatic rings. The van der Waals surface area contributed by atoms with E-state index in [2.05, 4.69) is 17.1 Å². The van der Waals surface area contributed by atoms with Gasteiger partial charge in [0.1, 0.15) is 18.5 Å². The molecule has 2 atom stereocenters. The third-order valence-electron chi connectivity index (χ3n) is 5.31. The summed E-state index contributed by atoms with van der Waals surface area (Å²) in [6.07, 6.45) is 5.03. The fraction of sp³-hybridized carbons (Fsp3) is 0.208. The molecule has 9 nitrogen and oxygen atoms in total. The highest BCUT2D eigenvalue weighted by Gasteiger charge is 2.45. The Kier molecular flexibility index (Phi) is 7.72. The van der Waals surface area contributed by atoms with Crippen LogP contribution < -0.4 is 4.74 Å². The van der Waals surface area contributed by atoms with Crippen LogP contribution in [0.3, 0.4) is 0 Å². The summed E-state index contributed by atoms with van der Waals surface area (Å²) in [4.78, 5) is 12.5. The third-order valence-corrected chi connectivity index (χ3v) is 5.86. The minimum Gasteiger partial charge on any atom is -0.491 e. The first-order chi connectivity index (χ1) is 16.8. The maximum absolute atomic E-state index is 8.36. The van der Waals surface area contributed by atoms with Crippen molar-refractivity contribution < 1.29 is 24.5 Å². The maximum atomic E-state index is 8.36. The van der Waals surface area contributed by atoms with Gasteiger partial charge in [0.2, 0.25) is 5.79 Å². The fourth-order valence-electron chi connectivity index (χ4n) is 3.82. The van der Waals surface area contributed by atoms with Gasteiger partial charge in [-0.05, 0) is 35.0 Å². The lowest BCUT2D eigenvalue weighted by Gasteiger charge is -2.30. The molecule has 0 spiro atoms. The summed E-state index contributed by atoms with van der Waals surface area (Å²) in [5.41, 5.74) is 0.723. The van der Waals surface area contributed by atoms with Crippen LogP contribution in [0.15, 0.2) is 79.4 Å². The number of fused-ring (bicyclic) bond motifs is 1. The lowest BCUT2D eigenvalue weighted by molar-refractivity contribution is -0.742. The first-order valence-electron chi connectivity index (χ1n) is 10.5. The molecular weight excluding hydrogens is 497 g/mol. The highest BCUT2D eigenvalue weighted by atomic mass is 35.5. The molecule has 0 amide bonds. The molecule has 1 aromatic heterocycles. The number of hydrogen-bond donors (Lipinski definition) is 1. The second-order valence-corrected chi connectivity index (χ2v) is 8.56. The molecule has 0 bridgehead atoms. The number of halogens is 2. The number of hydrogen-bond acceptors (Lipinski definition) is 6. The number of benzene rings is 3. The smallest absolute Gasteiger partial charge is 0.291 e. The van der Waals surface area contributed by atoms with Crippen LogP contribution in [0.1, 0.15) is 5.56 Å². The van der Waals surface area contributed by atoms with Crippen LogP contribution in [0, 0.1) is 10.1 Å². The minimum absolute atomic E-state index is 0.262. The van der Waals surface area contributed by atoms with E-state index in [9.17, 15) is 0 Å². The van der Waals surface area contributed by atoms with Gasteiger partial charge in [-0.1, -0.05) is 59.6 Å². The predicted octanol–water partition coefficient (Wildman–Crippen LogP) is 5.34. The molecule has 1 fully saturated rings. The summed E-state index contributed by atoms with van der Waals surface area (Å²) in [5.74, 6) is -0.265. The molecule has 1 aliphatic heterocycles. The first kappa shape index (κ1) is 24.7. The Morgan fingerprint density at radius 3 is 2.66 bits per heavy atom. The molecule has 11 heteroatoms. The van der Waals surface area contributed by atoms with E-state index in [1.165, 1.54) is 5.39 Å². The topological polar surface area (TPSA) is 109 Å². The highest BCUT2D eigenvalue weighted by molar-refractivity contribution is 6.35. The third kappa shape index (κ3) is 6.20. The monoisotopic (exact) mass is 517 g/mol. The van der Waals surface area contributed by atoms with E-state index in [4.69, 9.17) is 52.7 Å².